The molecular formula is C20H12Cl2FNO5. The number of ketones is 1. The van der Waals surface area contributed by atoms with Crippen LogP contribution in [0.1, 0.15) is 11.1 Å². The number of halogens is 3. The van der Waals surface area contributed by atoms with E-state index in [2.05, 4.69) is 0 Å². The van der Waals surface area contributed by atoms with E-state index in [1.54, 1.807) is 6.07 Å². The van der Waals surface area contributed by atoms with Crippen LogP contribution in [0.2, 0.25) is 10.0 Å². The van der Waals surface area contributed by atoms with Crippen LogP contribution in [-0.4, -0.2) is 26.5 Å². The van der Waals surface area contributed by atoms with Crippen LogP contribution in [0.4, 0.5) is 4.39 Å². The van der Waals surface area contributed by atoms with Gasteiger partial charge in [-0.2, -0.15) is 0 Å². The SMILES string of the molecule is O=C(O)C(=O)/C=C(\O)c1cn(Cc2ccc(F)c(Cl)c2)c2c(Cl)cccc2c1=O. The predicted molar refractivity (Wildman–Crippen MR) is 107 cm³/mol. The normalized spacial score (nSPS) is 11.6. The molecule has 6 nitrogen and oxygen atoms in total. The number of benzene rings is 2. The van der Waals surface area contributed by atoms with Gasteiger partial charge in [0.1, 0.15) is 11.6 Å². The lowest BCUT2D eigenvalue weighted by Crippen LogP contribution is -2.17. The van der Waals surface area contributed by atoms with Crippen LogP contribution < -0.4 is 5.43 Å². The first kappa shape index (κ1) is 20.6. The molecule has 0 aliphatic heterocycles. The zero-order valence-electron chi connectivity index (χ0n) is 14.5. The van der Waals surface area contributed by atoms with Crippen LogP contribution in [0, 0.1) is 5.82 Å². The van der Waals surface area contributed by atoms with Crippen molar-refractivity contribution in [3.63, 3.8) is 0 Å². The first-order valence-electron chi connectivity index (χ1n) is 8.13. The molecule has 9 heteroatoms. The fourth-order valence-electron chi connectivity index (χ4n) is 2.82. The highest BCUT2D eigenvalue weighted by molar-refractivity contribution is 6.38. The summed E-state index contributed by atoms with van der Waals surface area (Å²) in [5.41, 5.74) is 0.00317. The maximum atomic E-state index is 13.4. The number of rotatable bonds is 5. The van der Waals surface area contributed by atoms with Crippen LogP contribution >= 0.6 is 23.2 Å². The lowest BCUT2D eigenvalue weighted by molar-refractivity contribution is -0.146. The first-order chi connectivity index (χ1) is 13.7. The Hall–Kier alpha value is -3.16. The lowest BCUT2D eigenvalue weighted by Gasteiger charge is -2.15. The Morgan fingerprint density at radius 3 is 2.48 bits per heavy atom. The van der Waals surface area contributed by atoms with Crippen molar-refractivity contribution < 1.29 is 24.2 Å². The second kappa shape index (κ2) is 8.06. The van der Waals surface area contributed by atoms with Crippen molar-refractivity contribution in [2.75, 3.05) is 0 Å². The molecule has 1 heterocycles. The molecule has 0 saturated carbocycles. The molecular weight excluding hydrogens is 424 g/mol. The molecule has 0 unspecified atom stereocenters. The van der Waals surface area contributed by atoms with E-state index in [-0.39, 0.29) is 27.5 Å². The fourth-order valence-corrected chi connectivity index (χ4v) is 3.31. The number of hydrogen-bond acceptors (Lipinski definition) is 4. The zero-order valence-corrected chi connectivity index (χ0v) is 16.0. The maximum absolute atomic E-state index is 13.4. The highest BCUT2D eigenvalue weighted by Crippen LogP contribution is 2.25. The van der Waals surface area contributed by atoms with E-state index >= 15 is 0 Å². The van der Waals surface area contributed by atoms with E-state index in [0.717, 1.165) is 0 Å². The third kappa shape index (κ3) is 4.16. The van der Waals surface area contributed by atoms with Crippen LogP contribution in [0.5, 0.6) is 0 Å². The van der Waals surface area contributed by atoms with E-state index in [4.69, 9.17) is 28.3 Å². The molecule has 3 rings (SSSR count). The quantitative estimate of drug-likeness (QED) is 0.358. The number of hydrogen-bond donors (Lipinski definition) is 2. The number of carboxylic acids is 1. The first-order valence-corrected chi connectivity index (χ1v) is 8.88. The van der Waals surface area contributed by atoms with Crippen molar-refractivity contribution in [2.45, 2.75) is 6.54 Å². The average Bonchev–Trinajstić information content (AvgIpc) is 2.66. The van der Waals surface area contributed by atoms with Gasteiger partial charge in [0.05, 0.1) is 21.1 Å². The number of aliphatic hydroxyl groups excluding tert-OH is 1. The van der Waals surface area contributed by atoms with Gasteiger partial charge in [-0.3, -0.25) is 9.59 Å². The Morgan fingerprint density at radius 1 is 1.10 bits per heavy atom. The summed E-state index contributed by atoms with van der Waals surface area (Å²) < 4.78 is 15.0. The largest absolute Gasteiger partial charge is 0.507 e. The summed E-state index contributed by atoms with van der Waals surface area (Å²) in [7, 11) is 0. The van der Waals surface area contributed by atoms with Gasteiger partial charge in [-0.05, 0) is 29.8 Å². The Kier molecular flexibility index (Phi) is 5.72. The number of fused-ring (bicyclic) bond motifs is 1. The summed E-state index contributed by atoms with van der Waals surface area (Å²) in [5, 5.41) is 19.2. The number of carboxylic acid groups (broad SMARTS) is 1. The molecule has 2 N–H and O–H groups in total. The number of para-hydroxylation sites is 1. The van der Waals surface area contributed by atoms with Crippen LogP contribution in [0.3, 0.4) is 0 Å². The van der Waals surface area contributed by atoms with Crippen LogP contribution in [0.15, 0.2) is 53.5 Å². The summed E-state index contributed by atoms with van der Waals surface area (Å²) in [4.78, 5) is 34.9. The summed E-state index contributed by atoms with van der Waals surface area (Å²) in [6, 6.07) is 8.67. The van der Waals surface area contributed by atoms with E-state index in [1.165, 1.54) is 41.1 Å². The minimum atomic E-state index is -1.78. The number of aliphatic hydroxyl groups is 1. The topological polar surface area (TPSA) is 96.6 Å². The Morgan fingerprint density at radius 2 is 1.83 bits per heavy atom. The van der Waals surface area contributed by atoms with E-state index < -0.39 is 28.8 Å². The second-order valence-corrected chi connectivity index (χ2v) is 6.90. The number of aliphatic carboxylic acids is 1. The van der Waals surface area contributed by atoms with Crippen LogP contribution in [0.25, 0.3) is 16.7 Å². The summed E-state index contributed by atoms with van der Waals surface area (Å²) in [6.45, 7) is 0.105. The number of aromatic nitrogens is 1. The summed E-state index contributed by atoms with van der Waals surface area (Å²) in [5.74, 6) is -4.55. The lowest BCUT2D eigenvalue weighted by atomic mass is 10.1. The molecule has 2 aromatic carbocycles. The van der Waals surface area contributed by atoms with Gasteiger partial charge in [0.2, 0.25) is 0 Å². The molecule has 0 amide bonds. The van der Waals surface area contributed by atoms with E-state index in [9.17, 15) is 23.9 Å². The molecule has 1 aromatic heterocycles. The summed E-state index contributed by atoms with van der Waals surface area (Å²) in [6.07, 6.45) is 1.70. The molecule has 0 atom stereocenters. The van der Waals surface area contributed by atoms with Crippen molar-refractivity contribution in [2.24, 2.45) is 0 Å². The summed E-state index contributed by atoms with van der Waals surface area (Å²) >= 11 is 12.1. The van der Waals surface area contributed by atoms with Gasteiger partial charge in [-0.15, -0.1) is 0 Å². The number of pyridine rings is 1. The minimum absolute atomic E-state index is 0.0889. The molecule has 0 radical (unpaired) electrons. The molecule has 0 spiro atoms. The standard InChI is InChI=1S/C20H12Cl2FNO5/c21-13-3-1-2-11-18(13)24(8-10-4-5-15(23)14(22)6-10)9-12(19(11)27)16(25)7-17(26)20(28)29/h1-7,9,25H,8H2,(H,28,29)/b16-7-. The monoisotopic (exact) mass is 435 g/mol. The smallest absolute Gasteiger partial charge is 0.376 e. The third-order valence-electron chi connectivity index (χ3n) is 4.14. The van der Waals surface area contributed by atoms with Crippen molar-refractivity contribution in [1.82, 2.24) is 4.57 Å². The van der Waals surface area contributed by atoms with Crippen molar-refractivity contribution in [3.05, 3.63) is 85.9 Å². The average molecular weight is 436 g/mol. The van der Waals surface area contributed by atoms with Crippen molar-refractivity contribution in [1.29, 1.82) is 0 Å². The Bertz CT molecular complexity index is 1250. The van der Waals surface area contributed by atoms with Crippen molar-refractivity contribution >= 4 is 51.6 Å². The molecule has 0 fully saturated rings. The molecule has 148 valence electrons. The molecule has 0 aliphatic rings. The van der Waals surface area contributed by atoms with Gasteiger partial charge in [0.25, 0.3) is 5.78 Å². The number of carbonyl (C=O) groups excluding carboxylic acids is 1. The Balaban J connectivity index is 2.24. The Labute approximate surface area is 173 Å². The number of carbonyl (C=O) groups is 2. The van der Waals surface area contributed by atoms with Gasteiger partial charge in [-0.25, -0.2) is 9.18 Å². The predicted octanol–water partition coefficient (Wildman–Crippen LogP) is 4.05. The minimum Gasteiger partial charge on any atom is -0.507 e. The highest BCUT2D eigenvalue weighted by Gasteiger charge is 2.17. The van der Waals surface area contributed by atoms with E-state index in [0.29, 0.717) is 17.2 Å². The highest BCUT2D eigenvalue weighted by atomic mass is 35.5. The maximum Gasteiger partial charge on any atom is 0.376 e. The van der Waals surface area contributed by atoms with Gasteiger partial charge in [0, 0.05) is 24.2 Å². The third-order valence-corrected chi connectivity index (χ3v) is 4.73. The molecule has 3 aromatic rings. The zero-order chi connectivity index (χ0) is 21.3. The molecule has 0 saturated heterocycles. The van der Waals surface area contributed by atoms with E-state index in [1.807, 2.05) is 0 Å². The molecule has 29 heavy (non-hydrogen) atoms. The van der Waals surface area contributed by atoms with Crippen LogP contribution in [-0.2, 0) is 16.1 Å². The second-order valence-electron chi connectivity index (χ2n) is 6.08. The fraction of sp³-hybridized carbons (Fsp3) is 0.0500. The number of nitrogens with zero attached hydrogens (tertiary/aromatic N) is 1. The van der Waals surface area contributed by atoms with Gasteiger partial charge in [-0.1, -0.05) is 35.3 Å². The van der Waals surface area contributed by atoms with Gasteiger partial charge < -0.3 is 14.8 Å². The molecule has 0 bridgehead atoms. The van der Waals surface area contributed by atoms with Gasteiger partial charge >= 0.3 is 5.97 Å². The van der Waals surface area contributed by atoms with Crippen molar-refractivity contribution in [3.8, 4) is 0 Å². The van der Waals surface area contributed by atoms with Gasteiger partial charge in [0.15, 0.2) is 5.43 Å². The molecule has 0 aliphatic carbocycles.